The molecule has 0 saturated carbocycles. The number of likely N-dealkylation sites (tertiary alicyclic amines) is 1. The first-order valence-corrected chi connectivity index (χ1v) is 9.68. The summed E-state index contributed by atoms with van der Waals surface area (Å²) in [7, 11) is 0. The van der Waals surface area contributed by atoms with E-state index >= 15 is 0 Å². The summed E-state index contributed by atoms with van der Waals surface area (Å²) in [5, 5.41) is 6.47. The fourth-order valence-electron chi connectivity index (χ4n) is 3.14. The van der Waals surface area contributed by atoms with Crippen molar-refractivity contribution in [2.45, 2.75) is 25.7 Å². The van der Waals surface area contributed by atoms with Crippen LogP contribution >= 0.6 is 11.6 Å². The highest BCUT2D eigenvalue weighted by Gasteiger charge is 2.17. The van der Waals surface area contributed by atoms with E-state index in [-0.39, 0.29) is 18.4 Å². The van der Waals surface area contributed by atoms with Gasteiger partial charge >= 0.3 is 0 Å². The number of hydrogen-bond donors (Lipinski definition) is 2. The minimum absolute atomic E-state index is 0.0670. The Hall–Kier alpha value is -2.53. The summed E-state index contributed by atoms with van der Waals surface area (Å²) in [5.74, 6) is -0.0982. The Morgan fingerprint density at radius 3 is 2.30 bits per heavy atom. The lowest BCUT2D eigenvalue weighted by Gasteiger charge is -2.20. The molecule has 142 valence electrons. The van der Waals surface area contributed by atoms with Crippen LogP contribution in [0.3, 0.4) is 0 Å². The number of carbonyl (C=O) groups is 2. The van der Waals surface area contributed by atoms with Crippen LogP contribution in [-0.4, -0.2) is 36.3 Å². The molecule has 2 N–H and O–H groups in total. The topological polar surface area (TPSA) is 61.4 Å². The van der Waals surface area contributed by atoms with Gasteiger partial charge in [-0.15, -0.1) is 0 Å². The van der Waals surface area contributed by atoms with E-state index in [0.29, 0.717) is 16.3 Å². The normalized spacial score (nSPS) is 14.3. The molecule has 0 radical (unpaired) electrons. The van der Waals surface area contributed by atoms with Crippen LogP contribution in [0.1, 0.15) is 36.0 Å². The van der Waals surface area contributed by atoms with Gasteiger partial charge in [-0.2, -0.15) is 0 Å². The summed E-state index contributed by atoms with van der Waals surface area (Å²) >= 11 is 5.92. The second kappa shape index (κ2) is 9.42. The number of benzene rings is 2. The number of carbonyl (C=O) groups excluding carboxylic acids is 2. The Morgan fingerprint density at radius 2 is 1.63 bits per heavy atom. The maximum atomic E-state index is 12.6. The van der Waals surface area contributed by atoms with Crippen LogP contribution in [-0.2, 0) is 4.79 Å². The van der Waals surface area contributed by atoms with E-state index in [0.717, 1.165) is 31.6 Å². The zero-order valence-corrected chi connectivity index (χ0v) is 16.0. The monoisotopic (exact) mass is 385 g/mol. The molecule has 2 aromatic carbocycles. The Balaban J connectivity index is 1.52. The highest BCUT2D eigenvalue weighted by molar-refractivity contribution is 6.30. The number of rotatable bonds is 5. The third kappa shape index (κ3) is 5.73. The molecule has 1 heterocycles. The van der Waals surface area contributed by atoms with E-state index in [4.69, 9.17) is 11.6 Å². The average molecular weight is 386 g/mol. The molecule has 1 fully saturated rings. The zero-order chi connectivity index (χ0) is 19.1. The van der Waals surface area contributed by atoms with Crippen molar-refractivity contribution in [1.82, 2.24) is 4.90 Å². The predicted molar refractivity (Wildman–Crippen MR) is 109 cm³/mol. The van der Waals surface area contributed by atoms with Gasteiger partial charge in [-0.05, 0) is 55.3 Å². The van der Waals surface area contributed by atoms with Crippen molar-refractivity contribution >= 4 is 34.8 Å². The van der Waals surface area contributed by atoms with Crippen LogP contribution in [0.25, 0.3) is 0 Å². The van der Waals surface area contributed by atoms with E-state index in [2.05, 4.69) is 10.6 Å². The van der Waals surface area contributed by atoms with Crippen LogP contribution < -0.4 is 10.6 Å². The second-order valence-corrected chi connectivity index (χ2v) is 7.13. The number of nitrogens with one attached hydrogen (secondary N) is 2. The van der Waals surface area contributed by atoms with Gasteiger partial charge in [0.05, 0.1) is 6.54 Å². The first-order valence-electron chi connectivity index (χ1n) is 9.30. The third-order valence-electron chi connectivity index (χ3n) is 4.59. The van der Waals surface area contributed by atoms with Crippen LogP contribution in [0, 0.1) is 0 Å². The number of amides is 2. The molecule has 1 saturated heterocycles. The molecular formula is C21H24ClN3O2. The molecule has 6 heteroatoms. The molecule has 5 nitrogen and oxygen atoms in total. The van der Waals surface area contributed by atoms with Crippen molar-refractivity contribution in [3.63, 3.8) is 0 Å². The van der Waals surface area contributed by atoms with E-state index in [9.17, 15) is 9.59 Å². The Bertz CT molecular complexity index is 784. The molecule has 1 aliphatic rings. The minimum Gasteiger partial charge on any atom is -0.376 e. The van der Waals surface area contributed by atoms with Gasteiger partial charge in [-0.25, -0.2) is 0 Å². The van der Waals surface area contributed by atoms with Crippen molar-refractivity contribution in [3.8, 4) is 0 Å². The molecule has 0 unspecified atom stereocenters. The quantitative estimate of drug-likeness (QED) is 0.801. The minimum atomic E-state index is -0.165. The lowest BCUT2D eigenvalue weighted by molar-refractivity contribution is -0.114. The first-order chi connectivity index (χ1) is 13.1. The SMILES string of the molecule is O=C(CNc1cccc(Cl)c1)Nc1ccc(C(=O)N2CCCCCC2)cc1. The number of nitrogens with zero attached hydrogens (tertiary/aromatic N) is 1. The average Bonchev–Trinajstić information content (AvgIpc) is 2.96. The lowest BCUT2D eigenvalue weighted by Crippen LogP contribution is -2.31. The molecule has 2 amide bonds. The van der Waals surface area contributed by atoms with Gasteiger partial charge in [-0.1, -0.05) is 30.5 Å². The van der Waals surface area contributed by atoms with Gasteiger partial charge in [0, 0.05) is 35.1 Å². The van der Waals surface area contributed by atoms with Gasteiger partial charge < -0.3 is 15.5 Å². The van der Waals surface area contributed by atoms with Crippen LogP contribution in [0.4, 0.5) is 11.4 Å². The van der Waals surface area contributed by atoms with Gasteiger partial charge in [0.2, 0.25) is 5.91 Å². The summed E-state index contributed by atoms with van der Waals surface area (Å²) < 4.78 is 0. The first kappa shape index (κ1) is 19.2. The Kier molecular flexibility index (Phi) is 6.71. The molecule has 1 aliphatic heterocycles. The number of hydrogen-bond acceptors (Lipinski definition) is 3. The highest BCUT2D eigenvalue weighted by Crippen LogP contribution is 2.16. The summed E-state index contributed by atoms with van der Waals surface area (Å²) in [6.45, 7) is 1.79. The van der Waals surface area contributed by atoms with Crippen LogP contribution in [0.2, 0.25) is 5.02 Å². The molecule has 2 aromatic rings. The standard InChI is InChI=1S/C21H24ClN3O2/c22-17-6-5-7-19(14-17)23-15-20(26)24-18-10-8-16(9-11-18)21(27)25-12-3-1-2-4-13-25/h5-11,14,23H,1-4,12-13,15H2,(H,24,26). The summed E-state index contributed by atoms with van der Waals surface area (Å²) in [4.78, 5) is 26.6. The zero-order valence-electron chi connectivity index (χ0n) is 15.2. The largest absolute Gasteiger partial charge is 0.376 e. The molecule has 0 aliphatic carbocycles. The van der Waals surface area contributed by atoms with Gasteiger partial charge in [0.25, 0.3) is 5.91 Å². The Morgan fingerprint density at radius 1 is 0.926 bits per heavy atom. The van der Waals surface area contributed by atoms with Crippen molar-refractivity contribution in [1.29, 1.82) is 0 Å². The number of halogens is 1. The van der Waals surface area contributed by atoms with Gasteiger partial charge in [-0.3, -0.25) is 9.59 Å². The Labute approximate surface area is 164 Å². The van der Waals surface area contributed by atoms with Crippen molar-refractivity contribution < 1.29 is 9.59 Å². The van der Waals surface area contributed by atoms with Crippen molar-refractivity contribution in [2.24, 2.45) is 0 Å². The molecule has 0 bridgehead atoms. The van der Waals surface area contributed by atoms with Crippen molar-refractivity contribution in [3.05, 3.63) is 59.1 Å². The third-order valence-corrected chi connectivity index (χ3v) is 4.82. The van der Waals surface area contributed by atoms with E-state index in [1.54, 1.807) is 36.4 Å². The summed E-state index contributed by atoms with van der Waals surface area (Å²) in [5.41, 5.74) is 2.11. The van der Waals surface area contributed by atoms with Gasteiger partial charge in [0.15, 0.2) is 0 Å². The smallest absolute Gasteiger partial charge is 0.253 e. The number of anilines is 2. The maximum Gasteiger partial charge on any atom is 0.253 e. The fraction of sp³-hybridized carbons (Fsp3) is 0.333. The fourth-order valence-corrected chi connectivity index (χ4v) is 3.33. The highest BCUT2D eigenvalue weighted by atomic mass is 35.5. The molecular weight excluding hydrogens is 362 g/mol. The van der Waals surface area contributed by atoms with Crippen LogP contribution in [0.15, 0.2) is 48.5 Å². The molecule has 27 heavy (non-hydrogen) atoms. The van der Waals surface area contributed by atoms with E-state index in [1.807, 2.05) is 17.0 Å². The molecule has 0 atom stereocenters. The van der Waals surface area contributed by atoms with Gasteiger partial charge in [0.1, 0.15) is 0 Å². The summed E-state index contributed by atoms with van der Waals surface area (Å²) in [6, 6.07) is 14.3. The maximum absolute atomic E-state index is 12.6. The molecule has 0 spiro atoms. The van der Waals surface area contributed by atoms with E-state index in [1.165, 1.54) is 12.8 Å². The molecule has 0 aromatic heterocycles. The van der Waals surface area contributed by atoms with E-state index < -0.39 is 0 Å². The summed E-state index contributed by atoms with van der Waals surface area (Å²) in [6.07, 6.45) is 4.52. The van der Waals surface area contributed by atoms with Crippen LogP contribution in [0.5, 0.6) is 0 Å². The van der Waals surface area contributed by atoms with Crippen molar-refractivity contribution in [2.75, 3.05) is 30.3 Å². The molecule has 3 rings (SSSR count). The second-order valence-electron chi connectivity index (χ2n) is 6.70. The predicted octanol–water partition coefficient (Wildman–Crippen LogP) is 4.41. The lowest BCUT2D eigenvalue weighted by atomic mass is 10.1.